The van der Waals surface area contributed by atoms with E-state index in [1.54, 1.807) is 31.4 Å². The third-order valence-corrected chi connectivity index (χ3v) is 3.83. The number of benzene rings is 1. The zero-order valence-electron chi connectivity index (χ0n) is 12.3. The summed E-state index contributed by atoms with van der Waals surface area (Å²) in [6, 6.07) is 7.22. The zero-order valence-corrected chi connectivity index (χ0v) is 12.3. The number of carbonyl (C=O) groups is 1. The molecule has 22 heavy (non-hydrogen) atoms. The lowest BCUT2D eigenvalue weighted by molar-refractivity contribution is -0.257. The third kappa shape index (κ3) is 2.97. The summed E-state index contributed by atoms with van der Waals surface area (Å²) in [5.41, 5.74) is 0.752. The quantitative estimate of drug-likeness (QED) is 0.924. The van der Waals surface area contributed by atoms with E-state index in [4.69, 9.17) is 14.2 Å². The van der Waals surface area contributed by atoms with Gasteiger partial charge in [-0.3, -0.25) is 4.79 Å². The van der Waals surface area contributed by atoms with Crippen molar-refractivity contribution >= 4 is 5.78 Å². The fourth-order valence-electron chi connectivity index (χ4n) is 2.58. The fraction of sp³-hybridized carbons (Fsp3) is 0.353. The molecule has 1 N–H and O–H groups in total. The molecule has 1 aliphatic carbocycles. The molecule has 2 aliphatic rings. The van der Waals surface area contributed by atoms with Crippen LogP contribution < -0.4 is 4.74 Å². The molecular weight excluding hydrogens is 284 g/mol. The molecule has 5 nitrogen and oxygen atoms in total. The van der Waals surface area contributed by atoms with Crippen molar-refractivity contribution in [2.24, 2.45) is 0 Å². The maximum atomic E-state index is 11.2. The van der Waals surface area contributed by atoms with E-state index in [2.05, 4.69) is 0 Å². The van der Waals surface area contributed by atoms with Crippen LogP contribution in [0.1, 0.15) is 18.1 Å². The second-order valence-electron chi connectivity index (χ2n) is 5.30. The highest BCUT2D eigenvalue weighted by Gasteiger charge is 2.38. The number of allylic oxidation sites excluding steroid dienone is 2. The van der Waals surface area contributed by atoms with Crippen LogP contribution in [0.5, 0.6) is 5.75 Å². The molecule has 2 atom stereocenters. The molecule has 0 saturated carbocycles. The van der Waals surface area contributed by atoms with Gasteiger partial charge in [-0.2, -0.15) is 0 Å². The smallest absolute Gasteiger partial charge is 0.209 e. The number of ketones is 1. The third-order valence-electron chi connectivity index (χ3n) is 3.83. The van der Waals surface area contributed by atoms with E-state index < -0.39 is 18.0 Å². The van der Waals surface area contributed by atoms with E-state index in [0.29, 0.717) is 13.0 Å². The first-order valence-corrected chi connectivity index (χ1v) is 7.18. The Bertz CT molecular complexity index is 586. The lowest BCUT2D eigenvalue weighted by Gasteiger charge is -2.39. The van der Waals surface area contributed by atoms with E-state index in [0.717, 1.165) is 11.3 Å². The summed E-state index contributed by atoms with van der Waals surface area (Å²) >= 11 is 0. The number of aliphatic hydroxyl groups is 1. The van der Waals surface area contributed by atoms with Crippen molar-refractivity contribution in [2.75, 3.05) is 13.7 Å². The zero-order chi connectivity index (χ0) is 15.6. The van der Waals surface area contributed by atoms with Gasteiger partial charge in [-0.25, -0.2) is 0 Å². The molecule has 1 fully saturated rings. The van der Waals surface area contributed by atoms with Crippen LogP contribution in [0.2, 0.25) is 0 Å². The topological polar surface area (TPSA) is 65.0 Å². The van der Waals surface area contributed by atoms with Crippen molar-refractivity contribution in [3.05, 3.63) is 54.1 Å². The number of hydrogen-bond acceptors (Lipinski definition) is 5. The number of rotatable bonds is 3. The van der Waals surface area contributed by atoms with Gasteiger partial charge in [-0.05, 0) is 42.0 Å². The van der Waals surface area contributed by atoms with Crippen LogP contribution in [-0.2, 0) is 14.3 Å². The van der Waals surface area contributed by atoms with Gasteiger partial charge in [-0.1, -0.05) is 12.1 Å². The molecular formula is C17H18O5. The van der Waals surface area contributed by atoms with Crippen LogP contribution in [0.15, 0.2) is 48.6 Å². The van der Waals surface area contributed by atoms with Crippen molar-refractivity contribution in [1.29, 1.82) is 0 Å². The van der Waals surface area contributed by atoms with E-state index in [-0.39, 0.29) is 5.78 Å². The van der Waals surface area contributed by atoms with Crippen LogP contribution in [0.25, 0.3) is 0 Å². The number of aliphatic hydroxyl groups excluding tert-OH is 1. The summed E-state index contributed by atoms with van der Waals surface area (Å²) in [5.74, 6) is -0.419. The van der Waals surface area contributed by atoms with Crippen LogP contribution in [-0.4, -0.2) is 36.5 Å². The minimum Gasteiger partial charge on any atom is -0.497 e. The lowest BCUT2D eigenvalue weighted by atomic mass is 9.99. The van der Waals surface area contributed by atoms with Gasteiger partial charge in [0.2, 0.25) is 5.79 Å². The van der Waals surface area contributed by atoms with Gasteiger partial charge >= 0.3 is 0 Å². The number of hydrogen-bond donors (Lipinski definition) is 1. The van der Waals surface area contributed by atoms with E-state index in [1.165, 1.54) is 12.2 Å². The van der Waals surface area contributed by atoms with E-state index in [9.17, 15) is 9.90 Å². The molecule has 0 amide bonds. The summed E-state index contributed by atoms with van der Waals surface area (Å²) in [6.07, 6.45) is 5.40. The largest absolute Gasteiger partial charge is 0.497 e. The summed E-state index contributed by atoms with van der Waals surface area (Å²) < 4.78 is 16.6. The lowest BCUT2D eigenvalue weighted by Crippen LogP contribution is -2.45. The summed E-state index contributed by atoms with van der Waals surface area (Å²) in [6.45, 7) is 0.445. The van der Waals surface area contributed by atoms with Crippen LogP contribution in [0.3, 0.4) is 0 Å². The Hall–Kier alpha value is -1.95. The monoisotopic (exact) mass is 302 g/mol. The molecule has 3 rings (SSSR count). The Morgan fingerprint density at radius 1 is 1.27 bits per heavy atom. The van der Waals surface area contributed by atoms with E-state index >= 15 is 0 Å². The first kappa shape index (κ1) is 15.0. The van der Waals surface area contributed by atoms with Gasteiger partial charge in [0.15, 0.2) is 5.78 Å². The number of methoxy groups -OCH3 is 1. The predicted octanol–water partition coefficient (Wildman–Crippen LogP) is 1.93. The maximum Gasteiger partial charge on any atom is 0.209 e. The molecule has 1 aromatic carbocycles. The van der Waals surface area contributed by atoms with Crippen molar-refractivity contribution < 1.29 is 24.1 Å². The Morgan fingerprint density at radius 2 is 1.95 bits per heavy atom. The molecule has 0 radical (unpaired) electrons. The van der Waals surface area contributed by atoms with Gasteiger partial charge in [0, 0.05) is 6.42 Å². The van der Waals surface area contributed by atoms with Gasteiger partial charge in [0.05, 0.1) is 19.8 Å². The standard InChI is InChI=1S/C17H18O5/c1-20-14-4-2-12(3-5-14)16(19)15-8-11-21-17(22-15)9-6-13(18)7-10-17/h2-7,9-10,15-16,19H,8,11H2,1H3/t15-,16+/m1/s1. The summed E-state index contributed by atoms with van der Waals surface area (Å²) in [5, 5.41) is 10.5. The first-order valence-electron chi connectivity index (χ1n) is 7.18. The molecule has 1 heterocycles. The second-order valence-corrected chi connectivity index (χ2v) is 5.30. The van der Waals surface area contributed by atoms with Gasteiger partial charge in [0.25, 0.3) is 0 Å². The van der Waals surface area contributed by atoms with Crippen molar-refractivity contribution in [3.8, 4) is 5.75 Å². The average Bonchev–Trinajstić information content (AvgIpc) is 2.57. The predicted molar refractivity (Wildman–Crippen MR) is 79.4 cm³/mol. The highest BCUT2D eigenvalue weighted by atomic mass is 16.7. The van der Waals surface area contributed by atoms with Gasteiger partial charge < -0.3 is 19.3 Å². The van der Waals surface area contributed by atoms with Crippen LogP contribution in [0, 0.1) is 0 Å². The molecule has 1 aliphatic heterocycles. The minimum absolute atomic E-state index is 0.101. The summed E-state index contributed by atoms with van der Waals surface area (Å²) in [7, 11) is 1.60. The molecule has 0 aromatic heterocycles. The molecule has 0 unspecified atom stereocenters. The molecule has 0 bridgehead atoms. The molecule has 5 heteroatoms. The Kier molecular flexibility index (Phi) is 4.11. The van der Waals surface area contributed by atoms with Crippen molar-refractivity contribution in [2.45, 2.75) is 24.4 Å². The van der Waals surface area contributed by atoms with Crippen molar-refractivity contribution in [3.63, 3.8) is 0 Å². The normalized spacial score (nSPS) is 24.5. The van der Waals surface area contributed by atoms with Crippen LogP contribution in [0.4, 0.5) is 0 Å². The second kappa shape index (κ2) is 6.04. The van der Waals surface area contributed by atoms with Crippen LogP contribution >= 0.6 is 0 Å². The maximum absolute atomic E-state index is 11.2. The van der Waals surface area contributed by atoms with Gasteiger partial charge in [-0.15, -0.1) is 0 Å². The highest BCUT2D eigenvalue weighted by Crippen LogP contribution is 2.34. The molecule has 1 saturated heterocycles. The number of carbonyl (C=O) groups excluding carboxylic acids is 1. The molecule has 116 valence electrons. The molecule has 1 spiro atoms. The first-order chi connectivity index (χ1) is 10.6. The Labute approximate surface area is 128 Å². The summed E-state index contributed by atoms with van der Waals surface area (Å²) in [4.78, 5) is 11.2. The SMILES string of the molecule is COc1ccc([C@H](O)[C@H]2CCOC3(C=CC(=O)C=C3)O2)cc1. The minimum atomic E-state index is -1.05. The van der Waals surface area contributed by atoms with Gasteiger partial charge in [0.1, 0.15) is 11.9 Å². The fourth-order valence-corrected chi connectivity index (χ4v) is 2.58. The highest BCUT2D eigenvalue weighted by molar-refractivity contribution is 6.00. The van der Waals surface area contributed by atoms with Crippen molar-refractivity contribution in [1.82, 2.24) is 0 Å². The Morgan fingerprint density at radius 3 is 2.59 bits per heavy atom. The average molecular weight is 302 g/mol. The van der Waals surface area contributed by atoms with E-state index in [1.807, 2.05) is 12.1 Å². The Balaban J connectivity index is 1.75. The molecule has 1 aromatic rings. The number of ether oxygens (including phenoxy) is 3.